The van der Waals surface area contributed by atoms with Crippen molar-refractivity contribution in [3.05, 3.63) is 29.8 Å². The maximum atomic E-state index is 11.9. The van der Waals surface area contributed by atoms with Crippen LogP contribution in [0.15, 0.2) is 24.3 Å². The highest BCUT2D eigenvalue weighted by Crippen LogP contribution is 2.19. The summed E-state index contributed by atoms with van der Waals surface area (Å²) >= 11 is 0. The Hall–Kier alpha value is -1.59. The number of hydrogen-bond acceptors (Lipinski definition) is 5. The van der Waals surface area contributed by atoms with Crippen molar-refractivity contribution in [1.82, 2.24) is 10.2 Å². The monoisotopic (exact) mass is 264 g/mol. The smallest absolute Gasteiger partial charge is 0.324 e. The van der Waals surface area contributed by atoms with Crippen molar-refractivity contribution in [3.63, 3.8) is 0 Å². The van der Waals surface area contributed by atoms with E-state index in [1.165, 1.54) is 0 Å². The topological polar surface area (TPSA) is 61.8 Å². The van der Waals surface area contributed by atoms with E-state index in [0.717, 1.165) is 18.7 Å². The zero-order valence-electron chi connectivity index (χ0n) is 11.1. The fourth-order valence-corrected chi connectivity index (χ4v) is 2.27. The number of phenols is 1. The Bertz CT molecular complexity index is 436. The van der Waals surface area contributed by atoms with Gasteiger partial charge in [-0.1, -0.05) is 18.2 Å². The Morgan fingerprint density at radius 2 is 2.32 bits per heavy atom. The minimum absolute atomic E-state index is 0.204. The molecule has 0 radical (unpaired) electrons. The van der Waals surface area contributed by atoms with E-state index in [9.17, 15) is 9.90 Å². The number of benzene rings is 1. The number of aromatic hydroxyl groups is 1. The molecule has 1 aromatic carbocycles. The molecule has 5 heteroatoms. The lowest BCUT2D eigenvalue weighted by Crippen LogP contribution is -2.54. The zero-order chi connectivity index (χ0) is 13.7. The highest BCUT2D eigenvalue weighted by atomic mass is 16.5. The van der Waals surface area contributed by atoms with Gasteiger partial charge in [-0.25, -0.2) is 0 Å². The van der Waals surface area contributed by atoms with Crippen molar-refractivity contribution in [2.24, 2.45) is 0 Å². The number of para-hydroxylation sites is 1. The molecule has 1 fully saturated rings. The van der Waals surface area contributed by atoms with Gasteiger partial charge in [0.15, 0.2) is 0 Å². The number of piperazine rings is 1. The Balaban J connectivity index is 2.07. The molecule has 0 saturated carbocycles. The molecule has 1 aromatic rings. The molecule has 19 heavy (non-hydrogen) atoms. The molecular formula is C14H20N2O3. The van der Waals surface area contributed by atoms with Crippen molar-refractivity contribution in [3.8, 4) is 5.75 Å². The minimum atomic E-state index is -0.284. The molecule has 0 aromatic heterocycles. The van der Waals surface area contributed by atoms with Crippen molar-refractivity contribution < 1.29 is 14.6 Å². The van der Waals surface area contributed by atoms with Gasteiger partial charge < -0.3 is 15.2 Å². The number of nitrogens with one attached hydrogen (secondary N) is 1. The third-order valence-corrected chi connectivity index (χ3v) is 3.28. The van der Waals surface area contributed by atoms with E-state index in [1.807, 2.05) is 24.0 Å². The second-order valence-electron chi connectivity index (χ2n) is 4.57. The number of nitrogens with zero attached hydrogens (tertiary/aromatic N) is 1. The first-order valence-corrected chi connectivity index (χ1v) is 6.60. The molecule has 0 bridgehead atoms. The van der Waals surface area contributed by atoms with Gasteiger partial charge in [0.25, 0.3) is 0 Å². The molecule has 1 heterocycles. The lowest BCUT2D eigenvalue weighted by molar-refractivity contribution is -0.150. The van der Waals surface area contributed by atoms with Crippen LogP contribution in [0.25, 0.3) is 0 Å². The van der Waals surface area contributed by atoms with Gasteiger partial charge in [0.1, 0.15) is 11.8 Å². The molecule has 1 atom stereocenters. The van der Waals surface area contributed by atoms with Gasteiger partial charge in [0.05, 0.1) is 6.61 Å². The van der Waals surface area contributed by atoms with Crippen molar-refractivity contribution in [1.29, 1.82) is 0 Å². The number of esters is 1. The van der Waals surface area contributed by atoms with Crippen molar-refractivity contribution >= 4 is 5.97 Å². The highest BCUT2D eigenvalue weighted by molar-refractivity contribution is 5.76. The number of hydrogen-bond donors (Lipinski definition) is 2. The summed E-state index contributed by atoms with van der Waals surface area (Å²) in [5.41, 5.74) is 0.832. The Labute approximate surface area is 113 Å². The average Bonchev–Trinajstić information content (AvgIpc) is 2.42. The fourth-order valence-electron chi connectivity index (χ4n) is 2.27. The third kappa shape index (κ3) is 3.45. The van der Waals surface area contributed by atoms with E-state index in [1.54, 1.807) is 12.1 Å². The van der Waals surface area contributed by atoms with E-state index in [-0.39, 0.29) is 17.8 Å². The van der Waals surface area contributed by atoms with E-state index in [0.29, 0.717) is 19.7 Å². The predicted octanol–water partition coefficient (Wildman–Crippen LogP) is 0.729. The van der Waals surface area contributed by atoms with Crippen LogP contribution in [0.5, 0.6) is 5.75 Å². The maximum absolute atomic E-state index is 11.9. The summed E-state index contributed by atoms with van der Waals surface area (Å²) in [6, 6.07) is 6.93. The maximum Gasteiger partial charge on any atom is 0.324 e. The summed E-state index contributed by atoms with van der Waals surface area (Å²) in [6.45, 7) is 4.94. The minimum Gasteiger partial charge on any atom is -0.508 e. The normalized spacial score (nSPS) is 20.2. The first-order chi connectivity index (χ1) is 9.22. The quantitative estimate of drug-likeness (QED) is 0.785. The summed E-state index contributed by atoms with van der Waals surface area (Å²) in [7, 11) is 0. The number of rotatable bonds is 4. The van der Waals surface area contributed by atoms with E-state index < -0.39 is 0 Å². The van der Waals surface area contributed by atoms with Crippen LogP contribution in [0, 0.1) is 0 Å². The summed E-state index contributed by atoms with van der Waals surface area (Å²) in [5.74, 6) is 0.0637. The van der Waals surface area contributed by atoms with Crippen LogP contribution < -0.4 is 5.32 Å². The molecule has 1 saturated heterocycles. The van der Waals surface area contributed by atoms with Gasteiger partial charge in [0, 0.05) is 31.7 Å². The third-order valence-electron chi connectivity index (χ3n) is 3.28. The molecule has 2 N–H and O–H groups in total. The Morgan fingerprint density at radius 3 is 3.05 bits per heavy atom. The Kier molecular flexibility index (Phi) is 4.76. The second kappa shape index (κ2) is 6.54. The van der Waals surface area contributed by atoms with Gasteiger partial charge in [-0.05, 0) is 13.0 Å². The summed E-state index contributed by atoms with van der Waals surface area (Å²) in [5, 5.41) is 13.0. The van der Waals surface area contributed by atoms with E-state index in [4.69, 9.17) is 4.74 Å². The first kappa shape index (κ1) is 13.8. The fraction of sp³-hybridized carbons (Fsp3) is 0.500. The molecule has 0 aliphatic carbocycles. The van der Waals surface area contributed by atoms with Crippen LogP contribution in [-0.4, -0.2) is 48.3 Å². The van der Waals surface area contributed by atoms with E-state index in [2.05, 4.69) is 5.32 Å². The number of carbonyl (C=O) groups is 1. The molecule has 1 unspecified atom stereocenters. The van der Waals surface area contributed by atoms with Crippen LogP contribution >= 0.6 is 0 Å². The molecule has 1 aliphatic heterocycles. The lowest BCUT2D eigenvalue weighted by Gasteiger charge is -2.34. The molecule has 104 valence electrons. The highest BCUT2D eigenvalue weighted by Gasteiger charge is 2.29. The molecule has 0 amide bonds. The first-order valence-electron chi connectivity index (χ1n) is 6.60. The van der Waals surface area contributed by atoms with Crippen LogP contribution in [0.1, 0.15) is 12.5 Å². The number of ether oxygens (including phenoxy) is 1. The molecule has 0 spiro atoms. The summed E-state index contributed by atoms with van der Waals surface area (Å²) in [6.07, 6.45) is 0. The van der Waals surface area contributed by atoms with Gasteiger partial charge in [-0.15, -0.1) is 0 Å². The van der Waals surface area contributed by atoms with Gasteiger partial charge in [0.2, 0.25) is 0 Å². The van der Waals surface area contributed by atoms with Crippen molar-refractivity contribution in [2.75, 3.05) is 26.2 Å². The van der Waals surface area contributed by atoms with Crippen LogP contribution in [-0.2, 0) is 16.1 Å². The number of phenolic OH excluding ortho intramolecular Hbond substituents is 1. The van der Waals surface area contributed by atoms with Crippen LogP contribution in [0.2, 0.25) is 0 Å². The second-order valence-corrected chi connectivity index (χ2v) is 4.57. The van der Waals surface area contributed by atoms with Crippen LogP contribution in [0.3, 0.4) is 0 Å². The van der Waals surface area contributed by atoms with Gasteiger partial charge in [-0.2, -0.15) is 0 Å². The standard InChI is InChI=1S/C14H20N2O3/c1-2-19-14(18)12-9-15-7-8-16(12)10-11-5-3-4-6-13(11)17/h3-6,12,15,17H,2,7-10H2,1H3. The molecule has 2 rings (SSSR count). The van der Waals surface area contributed by atoms with Crippen LogP contribution in [0.4, 0.5) is 0 Å². The summed E-state index contributed by atoms with van der Waals surface area (Å²) in [4.78, 5) is 14.0. The zero-order valence-corrected chi connectivity index (χ0v) is 11.1. The SMILES string of the molecule is CCOC(=O)C1CNCCN1Cc1ccccc1O. The number of carbonyl (C=O) groups excluding carboxylic acids is 1. The predicted molar refractivity (Wildman–Crippen MR) is 71.8 cm³/mol. The van der Waals surface area contributed by atoms with Gasteiger partial charge in [-0.3, -0.25) is 9.69 Å². The largest absolute Gasteiger partial charge is 0.508 e. The summed E-state index contributed by atoms with van der Waals surface area (Å²) < 4.78 is 5.10. The van der Waals surface area contributed by atoms with Gasteiger partial charge >= 0.3 is 5.97 Å². The lowest BCUT2D eigenvalue weighted by atomic mass is 10.1. The molecular weight excluding hydrogens is 244 g/mol. The van der Waals surface area contributed by atoms with E-state index >= 15 is 0 Å². The average molecular weight is 264 g/mol. The van der Waals surface area contributed by atoms with Crippen molar-refractivity contribution in [2.45, 2.75) is 19.5 Å². The Morgan fingerprint density at radius 1 is 1.53 bits per heavy atom. The molecule has 1 aliphatic rings. The molecule has 5 nitrogen and oxygen atoms in total.